The summed E-state index contributed by atoms with van der Waals surface area (Å²) >= 11 is 0. The molecule has 132 valence electrons. The number of esters is 1. The van der Waals surface area contributed by atoms with Crippen LogP contribution in [0.3, 0.4) is 0 Å². The molecule has 0 spiro atoms. The van der Waals surface area contributed by atoms with Gasteiger partial charge in [0, 0.05) is 30.9 Å². The summed E-state index contributed by atoms with van der Waals surface area (Å²) in [6.07, 6.45) is 2.90. The van der Waals surface area contributed by atoms with E-state index < -0.39 is 11.8 Å². The summed E-state index contributed by atoms with van der Waals surface area (Å²) in [7, 11) is 1.49. The quantitative estimate of drug-likeness (QED) is 0.656. The molecule has 25 heavy (non-hydrogen) atoms. The predicted molar refractivity (Wildman–Crippen MR) is 89.3 cm³/mol. The van der Waals surface area contributed by atoms with Crippen molar-refractivity contribution in [3.05, 3.63) is 59.1 Å². The molecule has 1 heterocycles. The summed E-state index contributed by atoms with van der Waals surface area (Å²) in [6.45, 7) is 2.09. The molecule has 1 aliphatic heterocycles. The largest absolute Gasteiger partial charge is 0.466 e. The Bertz CT molecular complexity index is 738. The molecule has 0 saturated carbocycles. The van der Waals surface area contributed by atoms with E-state index in [0.717, 1.165) is 0 Å². The van der Waals surface area contributed by atoms with Gasteiger partial charge in [-0.2, -0.15) is 0 Å². The van der Waals surface area contributed by atoms with E-state index in [-0.39, 0.29) is 31.4 Å². The number of rotatable bonds is 5. The van der Waals surface area contributed by atoms with Gasteiger partial charge in [0.2, 0.25) is 0 Å². The van der Waals surface area contributed by atoms with E-state index >= 15 is 0 Å². The van der Waals surface area contributed by atoms with Gasteiger partial charge in [-0.15, -0.1) is 0 Å². The first-order valence-electron chi connectivity index (χ1n) is 7.81. The molecule has 1 N–H and O–H groups in total. The first kappa shape index (κ1) is 18.4. The number of carbonyl (C=O) groups excluding carboxylic acids is 3. The van der Waals surface area contributed by atoms with Crippen LogP contribution in [0.15, 0.2) is 47.7 Å². The average Bonchev–Trinajstić information content (AvgIpc) is 2.61. The summed E-state index contributed by atoms with van der Waals surface area (Å²) in [6, 6.07) is 4.80. The van der Waals surface area contributed by atoms with Crippen molar-refractivity contribution in [2.24, 2.45) is 0 Å². The van der Waals surface area contributed by atoms with Gasteiger partial charge in [-0.05, 0) is 36.8 Å². The molecule has 0 radical (unpaired) electrons. The van der Waals surface area contributed by atoms with Gasteiger partial charge < -0.3 is 10.1 Å². The zero-order valence-corrected chi connectivity index (χ0v) is 14.0. The van der Waals surface area contributed by atoms with Gasteiger partial charge in [0.15, 0.2) is 5.78 Å². The van der Waals surface area contributed by atoms with E-state index in [1.807, 2.05) is 0 Å². The van der Waals surface area contributed by atoms with Crippen molar-refractivity contribution in [3.8, 4) is 0 Å². The van der Waals surface area contributed by atoms with Crippen LogP contribution in [0.5, 0.6) is 0 Å². The number of nitrogens with zero attached hydrogens (tertiary/aromatic N) is 1. The SMILES string of the molecule is CCOC(=O)CC1=CN(C(=O)NC)CC=C1C(=O)c1ccc(F)cc1. The normalized spacial score (nSPS) is 13.6. The molecule has 2 rings (SSSR count). The zero-order valence-electron chi connectivity index (χ0n) is 14.0. The molecular weight excluding hydrogens is 327 g/mol. The highest BCUT2D eigenvalue weighted by molar-refractivity contribution is 6.12. The second-order valence-corrected chi connectivity index (χ2v) is 5.30. The van der Waals surface area contributed by atoms with Crippen LogP contribution < -0.4 is 5.32 Å². The standard InChI is InChI=1S/C18H19FN2O4/c1-3-25-16(22)10-13-11-21(18(24)20-2)9-8-15(13)17(23)12-4-6-14(19)7-5-12/h4-8,11H,3,9-10H2,1-2H3,(H,20,24). The molecule has 1 aromatic rings. The number of amides is 2. The second-order valence-electron chi connectivity index (χ2n) is 5.30. The number of hydrogen-bond donors (Lipinski definition) is 1. The van der Waals surface area contributed by atoms with E-state index in [2.05, 4.69) is 5.32 Å². The minimum Gasteiger partial charge on any atom is -0.466 e. The van der Waals surface area contributed by atoms with Crippen LogP contribution in [0, 0.1) is 5.82 Å². The lowest BCUT2D eigenvalue weighted by molar-refractivity contribution is -0.142. The third kappa shape index (κ3) is 4.53. The lowest BCUT2D eigenvalue weighted by Crippen LogP contribution is -2.36. The van der Waals surface area contributed by atoms with E-state index in [9.17, 15) is 18.8 Å². The van der Waals surface area contributed by atoms with E-state index in [4.69, 9.17) is 4.74 Å². The van der Waals surface area contributed by atoms with Crippen molar-refractivity contribution < 1.29 is 23.5 Å². The molecule has 0 aliphatic carbocycles. The Kier molecular flexibility index (Phi) is 6.05. The first-order chi connectivity index (χ1) is 12.0. The fourth-order valence-electron chi connectivity index (χ4n) is 2.42. The summed E-state index contributed by atoms with van der Waals surface area (Å²) in [4.78, 5) is 37.7. The number of carbonyl (C=O) groups is 3. The Morgan fingerprint density at radius 3 is 2.52 bits per heavy atom. The van der Waals surface area contributed by atoms with Gasteiger partial charge in [0.25, 0.3) is 0 Å². The van der Waals surface area contributed by atoms with Crippen molar-refractivity contribution in [3.63, 3.8) is 0 Å². The summed E-state index contributed by atoms with van der Waals surface area (Å²) in [5.41, 5.74) is 0.984. The third-order valence-electron chi connectivity index (χ3n) is 3.62. The number of nitrogens with one attached hydrogen (secondary N) is 1. The van der Waals surface area contributed by atoms with Gasteiger partial charge in [0.05, 0.1) is 13.0 Å². The molecule has 0 unspecified atom stereocenters. The number of ether oxygens (including phenoxy) is 1. The minimum absolute atomic E-state index is 0.139. The highest BCUT2D eigenvalue weighted by Gasteiger charge is 2.25. The zero-order chi connectivity index (χ0) is 18.4. The maximum absolute atomic E-state index is 13.1. The van der Waals surface area contributed by atoms with E-state index in [1.165, 1.54) is 42.4 Å². The minimum atomic E-state index is -0.495. The second kappa shape index (κ2) is 8.23. The Hall–Kier alpha value is -2.96. The molecule has 0 aromatic heterocycles. The molecule has 0 saturated heterocycles. The molecule has 0 bridgehead atoms. The number of ketones is 1. The molecule has 0 fully saturated rings. The smallest absolute Gasteiger partial charge is 0.321 e. The van der Waals surface area contributed by atoms with Crippen LogP contribution >= 0.6 is 0 Å². The highest BCUT2D eigenvalue weighted by atomic mass is 19.1. The topological polar surface area (TPSA) is 75.7 Å². The summed E-state index contributed by atoms with van der Waals surface area (Å²) in [5.74, 6) is -1.28. The van der Waals surface area contributed by atoms with Crippen molar-refractivity contribution in [2.45, 2.75) is 13.3 Å². The van der Waals surface area contributed by atoms with Crippen LogP contribution in [-0.4, -0.2) is 42.9 Å². The maximum atomic E-state index is 13.1. The highest BCUT2D eigenvalue weighted by Crippen LogP contribution is 2.24. The fourth-order valence-corrected chi connectivity index (χ4v) is 2.42. The average molecular weight is 346 g/mol. The fraction of sp³-hybridized carbons (Fsp3) is 0.278. The van der Waals surface area contributed by atoms with Gasteiger partial charge in [-0.3, -0.25) is 14.5 Å². The van der Waals surface area contributed by atoms with Crippen LogP contribution in [0.1, 0.15) is 23.7 Å². The number of benzene rings is 1. The molecule has 0 atom stereocenters. The van der Waals surface area contributed by atoms with Crippen molar-refractivity contribution >= 4 is 17.8 Å². The van der Waals surface area contributed by atoms with E-state index in [0.29, 0.717) is 16.7 Å². The summed E-state index contributed by atoms with van der Waals surface area (Å²) in [5, 5.41) is 2.49. The monoisotopic (exact) mass is 346 g/mol. The summed E-state index contributed by atoms with van der Waals surface area (Å²) < 4.78 is 18.0. The number of Topliss-reactive ketones (excluding diaryl/α,β-unsaturated/α-hetero) is 1. The van der Waals surface area contributed by atoms with Gasteiger partial charge in [0.1, 0.15) is 5.82 Å². The van der Waals surface area contributed by atoms with Gasteiger partial charge >= 0.3 is 12.0 Å². The van der Waals surface area contributed by atoms with Crippen LogP contribution in [0.25, 0.3) is 0 Å². The van der Waals surface area contributed by atoms with Crippen molar-refractivity contribution in [1.29, 1.82) is 0 Å². The molecule has 1 aliphatic rings. The Balaban J connectivity index is 2.30. The Morgan fingerprint density at radius 1 is 1.24 bits per heavy atom. The van der Waals surface area contributed by atoms with Gasteiger partial charge in [-0.1, -0.05) is 6.08 Å². The number of hydrogen-bond acceptors (Lipinski definition) is 4. The number of urea groups is 1. The molecule has 2 amide bonds. The number of allylic oxidation sites excluding steroid dienone is 1. The van der Waals surface area contributed by atoms with Crippen LogP contribution in [0.2, 0.25) is 0 Å². The van der Waals surface area contributed by atoms with Crippen molar-refractivity contribution in [1.82, 2.24) is 10.2 Å². The molecular formula is C18H19FN2O4. The third-order valence-corrected chi connectivity index (χ3v) is 3.62. The lowest BCUT2D eigenvalue weighted by atomic mass is 9.93. The Labute approximate surface area is 144 Å². The first-order valence-corrected chi connectivity index (χ1v) is 7.81. The Morgan fingerprint density at radius 2 is 1.92 bits per heavy atom. The molecule has 1 aromatic carbocycles. The predicted octanol–water partition coefficient (Wildman–Crippen LogP) is 2.43. The van der Waals surface area contributed by atoms with E-state index in [1.54, 1.807) is 13.0 Å². The lowest BCUT2D eigenvalue weighted by Gasteiger charge is -2.24. The molecule has 6 nitrogen and oxygen atoms in total. The van der Waals surface area contributed by atoms with Crippen LogP contribution in [-0.2, 0) is 9.53 Å². The molecule has 7 heteroatoms. The maximum Gasteiger partial charge on any atom is 0.321 e. The number of halogens is 1. The van der Waals surface area contributed by atoms with Crippen molar-refractivity contribution in [2.75, 3.05) is 20.2 Å². The van der Waals surface area contributed by atoms with Gasteiger partial charge in [-0.25, -0.2) is 9.18 Å². The van der Waals surface area contributed by atoms with Crippen LogP contribution in [0.4, 0.5) is 9.18 Å².